The van der Waals surface area contributed by atoms with Crippen LogP contribution in [0.3, 0.4) is 0 Å². The van der Waals surface area contributed by atoms with Crippen molar-refractivity contribution in [2.45, 2.75) is 50.2 Å². The standard InChI is InChI=1S/C27H29ClN4O3/c1-26(31-24(33)23-11-6-16-30-32-23)12-14-27(15-13-26,21-9-5-10-22(28)17-21)19-29-25(34)35-18-20-7-3-2-4-8-20/h2-11,16-17H,12-15,18-19H2,1H3,(H,29,34)(H,31,33). The van der Waals surface area contributed by atoms with Gasteiger partial charge in [0, 0.05) is 28.7 Å². The summed E-state index contributed by atoms with van der Waals surface area (Å²) in [4.78, 5) is 25.2. The lowest BCUT2D eigenvalue weighted by atomic mass is 9.64. The number of ether oxygens (including phenoxy) is 1. The van der Waals surface area contributed by atoms with Crippen LogP contribution in [0.2, 0.25) is 5.02 Å². The van der Waals surface area contributed by atoms with E-state index >= 15 is 0 Å². The number of benzene rings is 2. The second-order valence-corrected chi connectivity index (χ2v) is 9.77. The third-order valence-electron chi connectivity index (χ3n) is 6.75. The van der Waals surface area contributed by atoms with Gasteiger partial charge in [-0.15, -0.1) is 5.10 Å². The maximum absolute atomic E-state index is 12.7. The Hall–Kier alpha value is -3.45. The van der Waals surface area contributed by atoms with Crippen molar-refractivity contribution < 1.29 is 14.3 Å². The number of aromatic nitrogens is 2. The van der Waals surface area contributed by atoms with Crippen LogP contribution in [0.1, 0.15) is 54.2 Å². The molecule has 1 aliphatic carbocycles. The Morgan fingerprint density at radius 2 is 1.77 bits per heavy atom. The maximum Gasteiger partial charge on any atom is 0.407 e. The molecule has 0 bridgehead atoms. The van der Waals surface area contributed by atoms with Crippen LogP contribution < -0.4 is 10.6 Å². The number of halogens is 1. The number of nitrogens with zero attached hydrogens (tertiary/aromatic N) is 2. The van der Waals surface area contributed by atoms with Gasteiger partial charge in [0.15, 0.2) is 5.69 Å². The van der Waals surface area contributed by atoms with E-state index in [1.807, 2.05) is 61.5 Å². The van der Waals surface area contributed by atoms with Crippen molar-refractivity contribution in [1.82, 2.24) is 20.8 Å². The van der Waals surface area contributed by atoms with E-state index in [-0.39, 0.29) is 17.9 Å². The van der Waals surface area contributed by atoms with E-state index in [4.69, 9.17) is 16.3 Å². The minimum Gasteiger partial charge on any atom is -0.445 e. The number of hydrogen-bond acceptors (Lipinski definition) is 5. The molecule has 0 saturated heterocycles. The van der Waals surface area contributed by atoms with Crippen LogP contribution in [-0.4, -0.2) is 34.3 Å². The van der Waals surface area contributed by atoms with Gasteiger partial charge in [-0.1, -0.05) is 54.1 Å². The van der Waals surface area contributed by atoms with E-state index < -0.39 is 11.6 Å². The monoisotopic (exact) mass is 492 g/mol. The fourth-order valence-electron chi connectivity index (χ4n) is 4.57. The fraction of sp³-hybridized carbons (Fsp3) is 0.333. The quantitative estimate of drug-likeness (QED) is 0.481. The molecule has 8 heteroatoms. The molecule has 2 aromatic carbocycles. The lowest BCUT2D eigenvalue weighted by Crippen LogP contribution is -2.53. The summed E-state index contributed by atoms with van der Waals surface area (Å²) in [6.07, 6.45) is 4.04. The summed E-state index contributed by atoms with van der Waals surface area (Å²) in [5.41, 5.74) is 1.57. The number of carbonyl (C=O) groups excluding carboxylic acids is 2. The van der Waals surface area contributed by atoms with E-state index in [9.17, 15) is 9.59 Å². The maximum atomic E-state index is 12.7. The van der Waals surface area contributed by atoms with Crippen molar-refractivity contribution in [2.24, 2.45) is 0 Å². The molecule has 1 saturated carbocycles. The van der Waals surface area contributed by atoms with Gasteiger partial charge in [0.25, 0.3) is 5.91 Å². The second-order valence-electron chi connectivity index (χ2n) is 9.33. The molecule has 1 aliphatic rings. The van der Waals surface area contributed by atoms with Crippen molar-refractivity contribution in [1.29, 1.82) is 0 Å². The summed E-state index contributed by atoms with van der Waals surface area (Å²) in [7, 11) is 0. The summed E-state index contributed by atoms with van der Waals surface area (Å²) in [5, 5.41) is 14.5. The predicted molar refractivity (Wildman–Crippen MR) is 134 cm³/mol. The van der Waals surface area contributed by atoms with E-state index in [1.54, 1.807) is 12.1 Å². The second kappa shape index (κ2) is 10.9. The van der Waals surface area contributed by atoms with E-state index in [2.05, 4.69) is 20.8 Å². The molecule has 1 fully saturated rings. The molecule has 2 amide bonds. The molecule has 2 N–H and O–H groups in total. The largest absolute Gasteiger partial charge is 0.445 e. The Labute approximate surface area is 210 Å². The van der Waals surface area contributed by atoms with Gasteiger partial charge < -0.3 is 15.4 Å². The third-order valence-corrected chi connectivity index (χ3v) is 6.99. The Bertz CT molecular complexity index is 1150. The van der Waals surface area contributed by atoms with Crippen molar-refractivity contribution in [3.63, 3.8) is 0 Å². The molecular weight excluding hydrogens is 464 g/mol. The molecule has 7 nitrogen and oxygen atoms in total. The summed E-state index contributed by atoms with van der Waals surface area (Å²) in [5.74, 6) is -0.238. The molecular formula is C27H29ClN4O3. The number of nitrogens with one attached hydrogen (secondary N) is 2. The first kappa shape index (κ1) is 24.7. The molecule has 1 heterocycles. The number of rotatable bonds is 7. The van der Waals surface area contributed by atoms with Gasteiger partial charge in [0.05, 0.1) is 0 Å². The first-order valence-electron chi connectivity index (χ1n) is 11.7. The van der Waals surface area contributed by atoms with Crippen molar-refractivity contribution in [3.8, 4) is 0 Å². The summed E-state index contributed by atoms with van der Waals surface area (Å²) in [6, 6.07) is 20.7. The summed E-state index contributed by atoms with van der Waals surface area (Å²) >= 11 is 6.32. The third kappa shape index (κ3) is 6.36. The SMILES string of the molecule is CC1(NC(=O)c2cccnn2)CCC(CNC(=O)OCc2ccccc2)(c2cccc(Cl)c2)CC1. The highest BCUT2D eigenvalue weighted by molar-refractivity contribution is 6.30. The van der Waals surface area contributed by atoms with Gasteiger partial charge in [-0.05, 0) is 68.0 Å². The minimum atomic E-state index is -0.459. The zero-order valence-corrected chi connectivity index (χ0v) is 20.4. The Morgan fingerprint density at radius 1 is 1.00 bits per heavy atom. The molecule has 182 valence electrons. The van der Waals surface area contributed by atoms with Gasteiger partial charge in [0.1, 0.15) is 6.61 Å². The van der Waals surface area contributed by atoms with Crippen LogP contribution in [0.15, 0.2) is 72.9 Å². The molecule has 4 rings (SSSR count). The highest BCUT2D eigenvalue weighted by atomic mass is 35.5. The number of amides is 2. The number of alkyl carbamates (subject to hydrolysis) is 1. The molecule has 3 aromatic rings. The topological polar surface area (TPSA) is 93.2 Å². The van der Waals surface area contributed by atoms with Crippen molar-refractivity contribution in [3.05, 3.63) is 94.8 Å². The lowest BCUT2D eigenvalue weighted by Gasteiger charge is -2.45. The van der Waals surface area contributed by atoms with Gasteiger partial charge in [-0.2, -0.15) is 5.10 Å². The predicted octanol–water partition coefficient (Wildman–Crippen LogP) is 5.06. The average molecular weight is 493 g/mol. The summed E-state index contributed by atoms with van der Waals surface area (Å²) < 4.78 is 5.42. The van der Waals surface area contributed by atoms with Crippen LogP contribution in [0, 0.1) is 0 Å². The number of carbonyl (C=O) groups is 2. The lowest BCUT2D eigenvalue weighted by molar-refractivity contribution is 0.0843. The Balaban J connectivity index is 1.43. The summed E-state index contributed by atoms with van der Waals surface area (Å²) in [6.45, 7) is 2.67. The zero-order chi connectivity index (χ0) is 24.7. The van der Waals surface area contributed by atoms with Crippen LogP contribution in [-0.2, 0) is 16.8 Å². The smallest absolute Gasteiger partial charge is 0.407 e. The van der Waals surface area contributed by atoms with Crippen molar-refractivity contribution >= 4 is 23.6 Å². The first-order chi connectivity index (χ1) is 16.9. The molecule has 1 aromatic heterocycles. The molecule has 35 heavy (non-hydrogen) atoms. The van der Waals surface area contributed by atoms with E-state index in [0.717, 1.165) is 36.8 Å². The molecule has 0 unspecified atom stereocenters. The molecule has 0 aliphatic heterocycles. The highest BCUT2D eigenvalue weighted by Crippen LogP contribution is 2.43. The van der Waals surface area contributed by atoms with Crippen molar-refractivity contribution in [2.75, 3.05) is 6.54 Å². The van der Waals surface area contributed by atoms with Gasteiger partial charge >= 0.3 is 6.09 Å². The first-order valence-corrected chi connectivity index (χ1v) is 12.1. The van der Waals surface area contributed by atoms with Gasteiger partial charge in [0.2, 0.25) is 0 Å². The van der Waals surface area contributed by atoms with Crippen LogP contribution in [0.4, 0.5) is 4.79 Å². The van der Waals surface area contributed by atoms with E-state index in [0.29, 0.717) is 17.3 Å². The zero-order valence-electron chi connectivity index (χ0n) is 19.7. The average Bonchev–Trinajstić information content (AvgIpc) is 2.88. The Kier molecular flexibility index (Phi) is 7.66. The van der Waals surface area contributed by atoms with Crippen LogP contribution in [0.25, 0.3) is 0 Å². The van der Waals surface area contributed by atoms with Gasteiger partial charge in [-0.25, -0.2) is 4.79 Å². The highest BCUT2D eigenvalue weighted by Gasteiger charge is 2.42. The van der Waals surface area contributed by atoms with Crippen LogP contribution in [0.5, 0.6) is 0 Å². The van der Waals surface area contributed by atoms with Crippen LogP contribution >= 0.6 is 11.6 Å². The fourth-order valence-corrected chi connectivity index (χ4v) is 4.76. The van der Waals surface area contributed by atoms with Gasteiger partial charge in [-0.3, -0.25) is 4.79 Å². The minimum absolute atomic E-state index is 0.212. The van der Waals surface area contributed by atoms with E-state index in [1.165, 1.54) is 6.20 Å². The number of hydrogen-bond donors (Lipinski definition) is 2. The Morgan fingerprint density at radius 3 is 2.46 bits per heavy atom. The molecule has 0 radical (unpaired) electrons. The molecule has 0 atom stereocenters. The molecule has 0 spiro atoms. The normalized spacial score (nSPS) is 21.7.